The third kappa shape index (κ3) is 4.89. The molecule has 1 aliphatic rings. The van der Waals surface area contributed by atoms with Crippen molar-refractivity contribution >= 4 is 24.9 Å². The Hall–Kier alpha value is -2.64. The van der Waals surface area contributed by atoms with Crippen LogP contribution in [0.1, 0.15) is 24.3 Å². The second-order valence-corrected chi connectivity index (χ2v) is 8.49. The first-order valence-electron chi connectivity index (χ1n) is 9.68. The minimum absolute atomic E-state index is 0.0452. The molecule has 0 aliphatic carbocycles. The summed E-state index contributed by atoms with van der Waals surface area (Å²) in [7, 11) is -4.72. The Bertz CT molecular complexity index is 1180. The molecule has 1 fully saturated rings. The third-order valence-electron chi connectivity index (χ3n) is 5.05. The minimum Gasteiger partial charge on any atom is -0.394 e. The molecule has 0 amide bonds. The Morgan fingerprint density at radius 2 is 2.09 bits per heavy atom. The smallest absolute Gasteiger partial charge is 0.394 e. The number of nitrogens with zero attached hydrogens (tertiary/aromatic N) is 3. The number of imidazole rings is 1. The van der Waals surface area contributed by atoms with Crippen molar-refractivity contribution in [3.8, 4) is 0 Å². The van der Waals surface area contributed by atoms with Gasteiger partial charge in [-0.1, -0.05) is 30.3 Å². The van der Waals surface area contributed by atoms with E-state index in [4.69, 9.17) is 14.5 Å². The molecule has 0 bridgehead atoms. The van der Waals surface area contributed by atoms with Gasteiger partial charge in [-0.2, -0.15) is 4.98 Å². The van der Waals surface area contributed by atoms with E-state index in [0.29, 0.717) is 0 Å². The van der Waals surface area contributed by atoms with E-state index in [1.807, 2.05) is 30.3 Å². The van der Waals surface area contributed by atoms with Crippen molar-refractivity contribution in [2.75, 3.05) is 18.5 Å². The highest BCUT2D eigenvalue weighted by Crippen LogP contribution is 2.38. The molecule has 1 aromatic carbocycles. The van der Waals surface area contributed by atoms with Gasteiger partial charge in [0.2, 0.25) is 5.95 Å². The molecule has 3 heterocycles. The van der Waals surface area contributed by atoms with E-state index < -0.39 is 44.5 Å². The summed E-state index contributed by atoms with van der Waals surface area (Å²) in [6.45, 7) is -0.755. The molecule has 32 heavy (non-hydrogen) atoms. The fourth-order valence-corrected chi connectivity index (χ4v) is 3.84. The number of nitrogens with one attached hydrogen (secondary N) is 2. The molecule has 0 spiro atoms. The van der Waals surface area contributed by atoms with Gasteiger partial charge in [0.1, 0.15) is 12.3 Å². The van der Waals surface area contributed by atoms with E-state index in [2.05, 4.69) is 24.8 Å². The number of aliphatic hydroxyl groups is 2. The van der Waals surface area contributed by atoms with Crippen LogP contribution in [0.25, 0.3) is 11.2 Å². The van der Waals surface area contributed by atoms with E-state index >= 15 is 0 Å². The van der Waals surface area contributed by atoms with Crippen molar-refractivity contribution in [2.45, 2.75) is 30.9 Å². The lowest BCUT2D eigenvalue weighted by Gasteiger charge is -2.18. The van der Waals surface area contributed by atoms with Gasteiger partial charge in [-0.3, -0.25) is 18.9 Å². The standard InChI is InChI=1S/C18H22N5O8P/c24-7-11(10-4-2-1-3-5-10)20-18-21-16-15(17(26)22-18)19-9-23(16)14-6-12(25)13(31-14)8-30-32(27,28)29/h1-5,9,11-14,24-25H,6-8H2,(H2,27,28,29)(H2,20,21,22,26). The molecule has 14 heteroatoms. The molecular weight excluding hydrogens is 445 g/mol. The summed E-state index contributed by atoms with van der Waals surface area (Å²) < 4.78 is 22.5. The molecule has 13 nitrogen and oxygen atoms in total. The number of anilines is 1. The van der Waals surface area contributed by atoms with Crippen molar-refractivity contribution < 1.29 is 33.8 Å². The number of phosphoric acid groups is 1. The first kappa shape index (κ1) is 22.6. The summed E-state index contributed by atoms with van der Waals surface area (Å²) in [5.74, 6) is 0.104. The Morgan fingerprint density at radius 1 is 1.34 bits per heavy atom. The third-order valence-corrected chi connectivity index (χ3v) is 5.53. The van der Waals surface area contributed by atoms with Gasteiger partial charge < -0.3 is 30.1 Å². The van der Waals surface area contributed by atoms with Crippen molar-refractivity contribution in [3.63, 3.8) is 0 Å². The van der Waals surface area contributed by atoms with Crippen LogP contribution in [0.3, 0.4) is 0 Å². The molecule has 2 aromatic heterocycles. The molecule has 0 radical (unpaired) electrons. The quantitative estimate of drug-likeness (QED) is 0.245. The average molecular weight is 467 g/mol. The largest absolute Gasteiger partial charge is 0.469 e. The van der Waals surface area contributed by atoms with Crippen molar-refractivity contribution in [2.24, 2.45) is 0 Å². The van der Waals surface area contributed by atoms with Crippen LogP contribution in [0, 0.1) is 0 Å². The second-order valence-electron chi connectivity index (χ2n) is 7.25. The average Bonchev–Trinajstić information content (AvgIpc) is 3.34. The predicted molar refractivity (Wildman–Crippen MR) is 111 cm³/mol. The van der Waals surface area contributed by atoms with Gasteiger partial charge >= 0.3 is 7.82 Å². The molecular formula is C18H22N5O8P. The highest BCUT2D eigenvalue weighted by Gasteiger charge is 2.37. The van der Waals surface area contributed by atoms with Crippen LogP contribution in [0.2, 0.25) is 0 Å². The number of ether oxygens (including phenoxy) is 1. The zero-order valence-electron chi connectivity index (χ0n) is 16.6. The first-order valence-corrected chi connectivity index (χ1v) is 11.2. The summed E-state index contributed by atoms with van der Waals surface area (Å²) in [6.07, 6.45) is -1.42. The number of hydrogen-bond acceptors (Lipinski definition) is 9. The fraction of sp³-hybridized carbons (Fsp3) is 0.389. The molecule has 3 aromatic rings. The maximum Gasteiger partial charge on any atom is 0.469 e. The Morgan fingerprint density at radius 3 is 2.78 bits per heavy atom. The molecule has 1 saturated heterocycles. The van der Waals surface area contributed by atoms with Crippen LogP contribution in [0.15, 0.2) is 41.5 Å². The topological polar surface area (TPSA) is 192 Å². The van der Waals surface area contributed by atoms with Gasteiger partial charge in [0.15, 0.2) is 11.2 Å². The lowest BCUT2D eigenvalue weighted by molar-refractivity contribution is -0.0424. The highest BCUT2D eigenvalue weighted by molar-refractivity contribution is 7.46. The maximum absolute atomic E-state index is 12.5. The minimum atomic E-state index is -4.72. The lowest BCUT2D eigenvalue weighted by Crippen LogP contribution is -2.25. The molecule has 172 valence electrons. The Labute approximate surface area is 180 Å². The number of aliphatic hydroxyl groups excluding tert-OH is 2. The first-order chi connectivity index (χ1) is 15.2. The second kappa shape index (κ2) is 9.08. The van der Waals surface area contributed by atoms with Crippen LogP contribution in [-0.2, 0) is 13.8 Å². The highest BCUT2D eigenvalue weighted by atomic mass is 31.2. The summed E-state index contributed by atoms with van der Waals surface area (Å²) in [5.41, 5.74) is 0.501. The Kier molecular flexibility index (Phi) is 6.40. The van der Waals surface area contributed by atoms with Crippen LogP contribution >= 0.6 is 7.82 Å². The number of hydrogen-bond donors (Lipinski definition) is 6. The molecule has 4 atom stereocenters. The number of fused-ring (bicyclic) bond motifs is 1. The van der Waals surface area contributed by atoms with Gasteiger partial charge in [-0.05, 0) is 5.56 Å². The lowest BCUT2D eigenvalue weighted by atomic mass is 10.1. The van der Waals surface area contributed by atoms with Crippen LogP contribution in [0.5, 0.6) is 0 Å². The van der Waals surface area contributed by atoms with Crippen molar-refractivity contribution in [3.05, 3.63) is 52.6 Å². The van der Waals surface area contributed by atoms with Gasteiger partial charge in [0, 0.05) is 6.42 Å². The van der Waals surface area contributed by atoms with Gasteiger partial charge in [-0.25, -0.2) is 9.55 Å². The molecule has 1 aliphatic heterocycles. The van der Waals surface area contributed by atoms with Gasteiger partial charge in [-0.15, -0.1) is 0 Å². The monoisotopic (exact) mass is 467 g/mol. The summed E-state index contributed by atoms with van der Waals surface area (Å²) in [4.78, 5) is 41.2. The molecule has 0 saturated carbocycles. The number of aromatic amines is 1. The van der Waals surface area contributed by atoms with Crippen molar-refractivity contribution in [1.29, 1.82) is 0 Å². The van der Waals surface area contributed by atoms with E-state index in [1.54, 1.807) is 0 Å². The number of rotatable bonds is 8. The number of H-pyrrole nitrogens is 1. The summed E-state index contributed by atoms with van der Waals surface area (Å²) in [6, 6.07) is 8.61. The molecule has 6 N–H and O–H groups in total. The van der Waals surface area contributed by atoms with Crippen molar-refractivity contribution in [1.82, 2.24) is 19.5 Å². The van der Waals surface area contributed by atoms with Crippen LogP contribution in [0.4, 0.5) is 5.95 Å². The van der Waals surface area contributed by atoms with Crippen LogP contribution < -0.4 is 10.9 Å². The normalized spacial score (nSPS) is 22.3. The van der Waals surface area contributed by atoms with Gasteiger partial charge in [0.25, 0.3) is 5.56 Å². The maximum atomic E-state index is 12.5. The summed E-state index contributed by atoms with van der Waals surface area (Å²) in [5, 5.41) is 22.9. The van der Waals surface area contributed by atoms with Gasteiger partial charge in [0.05, 0.1) is 31.7 Å². The van der Waals surface area contributed by atoms with Crippen LogP contribution in [-0.4, -0.2) is 64.9 Å². The van der Waals surface area contributed by atoms with E-state index in [0.717, 1.165) is 5.56 Å². The zero-order valence-corrected chi connectivity index (χ0v) is 17.5. The van der Waals surface area contributed by atoms with E-state index in [-0.39, 0.29) is 30.1 Å². The zero-order chi connectivity index (χ0) is 22.9. The fourth-order valence-electron chi connectivity index (χ4n) is 3.50. The predicted octanol–water partition coefficient (Wildman–Crippen LogP) is 0.0228. The number of benzene rings is 1. The van der Waals surface area contributed by atoms with E-state index in [1.165, 1.54) is 10.9 Å². The Balaban J connectivity index is 1.58. The molecule has 4 unspecified atom stereocenters. The number of phosphoric ester groups is 1. The molecule has 4 rings (SSSR count). The SMILES string of the molecule is O=c1[nH]c(NC(CO)c2ccccc2)nc2c1ncn2C1CC(O)C(COP(=O)(O)O)O1. The number of aromatic nitrogens is 4. The summed E-state index contributed by atoms with van der Waals surface area (Å²) >= 11 is 0. The van der Waals surface area contributed by atoms with E-state index in [9.17, 15) is 19.6 Å².